The number of esters is 1. The third-order valence-corrected chi connectivity index (χ3v) is 7.37. The highest BCUT2D eigenvalue weighted by Gasteiger charge is 2.32. The molecule has 25 heavy (non-hydrogen) atoms. The Morgan fingerprint density at radius 1 is 1.32 bits per heavy atom. The molecule has 2 N–H and O–H groups in total. The molecule has 8 nitrogen and oxygen atoms in total. The van der Waals surface area contributed by atoms with E-state index >= 15 is 0 Å². The van der Waals surface area contributed by atoms with Gasteiger partial charge in [0.2, 0.25) is 5.91 Å². The summed E-state index contributed by atoms with van der Waals surface area (Å²) in [6.45, 7) is 2.99. The maximum Gasteiger partial charge on any atom is 0.338 e. The van der Waals surface area contributed by atoms with Gasteiger partial charge in [-0.3, -0.25) is 4.79 Å². The van der Waals surface area contributed by atoms with Crippen LogP contribution in [0.4, 0.5) is 0 Å². The van der Waals surface area contributed by atoms with Crippen molar-refractivity contribution in [2.45, 2.75) is 30.0 Å². The Hall–Kier alpha value is -1.49. The summed E-state index contributed by atoms with van der Waals surface area (Å²) in [6, 6.07) is 0.786. The summed E-state index contributed by atoms with van der Waals surface area (Å²) in [5, 5.41) is 1.46. The number of thiophene rings is 1. The van der Waals surface area contributed by atoms with Gasteiger partial charge in [0.25, 0.3) is 10.0 Å². The molecule has 0 spiro atoms. The Kier molecular flexibility index (Phi) is 6.55. The Balaban J connectivity index is 2.03. The van der Waals surface area contributed by atoms with Crippen molar-refractivity contribution in [2.75, 3.05) is 33.3 Å². The monoisotopic (exact) mass is 389 g/mol. The fraction of sp³-hybridized carbons (Fsp3) is 0.600. The minimum Gasteiger partial charge on any atom is -0.465 e. The predicted octanol–water partition coefficient (Wildman–Crippen LogP) is 0.495. The van der Waals surface area contributed by atoms with E-state index in [1.165, 1.54) is 22.9 Å². The number of nitrogens with two attached hydrogens (primary N) is 1. The van der Waals surface area contributed by atoms with Crippen LogP contribution in [0.2, 0.25) is 0 Å². The van der Waals surface area contributed by atoms with Gasteiger partial charge in [-0.15, -0.1) is 11.3 Å². The molecule has 0 radical (unpaired) electrons. The first-order chi connectivity index (χ1) is 11.8. The lowest BCUT2D eigenvalue weighted by atomic mass is 10.1. The van der Waals surface area contributed by atoms with Crippen molar-refractivity contribution < 1.29 is 22.7 Å². The van der Waals surface area contributed by atoms with Gasteiger partial charge in [0.15, 0.2) is 0 Å². The van der Waals surface area contributed by atoms with Crippen LogP contribution in [0.15, 0.2) is 15.7 Å². The van der Waals surface area contributed by atoms with Gasteiger partial charge in [-0.1, -0.05) is 13.3 Å². The number of nitrogens with zero attached hydrogens (tertiary/aromatic N) is 2. The molecule has 2 heterocycles. The molecule has 0 aliphatic carbocycles. The molecule has 1 aliphatic rings. The van der Waals surface area contributed by atoms with E-state index in [1.807, 2.05) is 6.92 Å². The summed E-state index contributed by atoms with van der Waals surface area (Å²) >= 11 is 0.981. The second-order valence-corrected chi connectivity index (χ2v) is 8.85. The van der Waals surface area contributed by atoms with Gasteiger partial charge in [-0.25, -0.2) is 13.2 Å². The van der Waals surface area contributed by atoms with Crippen LogP contribution in [-0.2, 0) is 19.6 Å². The second kappa shape index (κ2) is 8.26. The van der Waals surface area contributed by atoms with Gasteiger partial charge in [0.05, 0.1) is 18.7 Å². The molecule has 0 aromatic carbocycles. The number of hydrogen-bond donors (Lipinski definition) is 1. The molecule has 1 amide bonds. The number of sulfonamides is 1. The van der Waals surface area contributed by atoms with Crippen LogP contribution in [0.1, 0.15) is 30.1 Å². The molecule has 1 atom stereocenters. The van der Waals surface area contributed by atoms with E-state index in [1.54, 1.807) is 4.90 Å². The van der Waals surface area contributed by atoms with Crippen LogP contribution in [-0.4, -0.2) is 68.8 Å². The van der Waals surface area contributed by atoms with Crippen molar-refractivity contribution in [3.8, 4) is 0 Å². The molecule has 1 aromatic rings. The summed E-state index contributed by atoms with van der Waals surface area (Å²) < 4.78 is 31.4. The smallest absolute Gasteiger partial charge is 0.338 e. The van der Waals surface area contributed by atoms with Crippen molar-refractivity contribution in [3.05, 3.63) is 17.0 Å². The SMILES string of the molecule is CCCC(N)C(=O)N1CCN(S(=O)(=O)c2cc(C(=O)OC)cs2)CC1. The third kappa shape index (κ3) is 4.38. The second-order valence-electron chi connectivity index (χ2n) is 5.77. The summed E-state index contributed by atoms with van der Waals surface area (Å²) in [7, 11) is -2.44. The Morgan fingerprint density at radius 3 is 2.52 bits per heavy atom. The van der Waals surface area contributed by atoms with Gasteiger partial charge in [-0.05, 0) is 12.5 Å². The van der Waals surface area contributed by atoms with E-state index in [0.29, 0.717) is 19.5 Å². The normalized spacial score (nSPS) is 17.3. The van der Waals surface area contributed by atoms with Gasteiger partial charge in [0.1, 0.15) is 4.21 Å². The third-order valence-electron chi connectivity index (χ3n) is 4.06. The van der Waals surface area contributed by atoms with Gasteiger partial charge in [-0.2, -0.15) is 4.31 Å². The molecule has 1 saturated heterocycles. The lowest BCUT2D eigenvalue weighted by Gasteiger charge is -2.34. The Labute approximate surface area is 151 Å². The van der Waals surface area contributed by atoms with Crippen LogP contribution < -0.4 is 5.73 Å². The molecule has 0 bridgehead atoms. The minimum atomic E-state index is -3.69. The Bertz CT molecular complexity index is 723. The number of carbonyl (C=O) groups is 2. The molecule has 10 heteroatoms. The highest BCUT2D eigenvalue weighted by molar-refractivity contribution is 7.91. The van der Waals surface area contributed by atoms with Crippen molar-refractivity contribution in [2.24, 2.45) is 5.73 Å². The lowest BCUT2D eigenvalue weighted by molar-refractivity contribution is -0.133. The summed E-state index contributed by atoms with van der Waals surface area (Å²) in [4.78, 5) is 25.3. The maximum absolute atomic E-state index is 12.7. The first-order valence-corrected chi connectivity index (χ1v) is 10.3. The van der Waals surface area contributed by atoms with E-state index in [9.17, 15) is 18.0 Å². The van der Waals surface area contributed by atoms with E-state index in [4.69, 9.17) is 5.73 Å². The van der Waals surface area contributed by atoms with Crippen LogP contribution in [0.3, 0.4) is 0 Å². The number of hydrogen-bond acceptors (Lipinski definition) is 7. The standard InChI is InChI=1S/C15H23N3O5S2/c1-3-4-12(16)14(19)17-5-7-18(8-6-17)25(21,22)13-9-11(10-24-13)15(20)23-2/h9-10,12H,3-8,16H2,1-2H3. The first kappa shape index (κ1) is 19.8. The molecule has 1 fully saturated rings. The zero-order valence-corrected chi connectivity index (χ0v) is 15.9. The van der Waals surface area contributed by atoms with E-state index in [2.05, 4.69) is 4.74 Å². The Morgan fingerprint density at radius 2 is 1.96 bits per heavy atom. The maximum atomic E-state index is 12.7. The quantitative estimate of drug-likeness (QED) is 0.709. The molecule has 0 saturated carbocycles. The molecule has 1 unspecified atom stereocenters. The topological polar surface area (TPSA) is 110 Å². The largest absolute Gasteiger partial charge is 0.465 e. The lowest BCUT2D eigenvalue weighted by Crippen LogP contribution is -2.54. The first-order valence-electron chi connectivity index (χ1n) is 8.02. The molecule has 1 aliphatic heterocycles. The van der Waals surface area contributed by atoms with Gasteiger partial charge in [0, 0.05) is 31.6 Å². The van der Waals surface area contributed by atoms with Crippen LogP contribution in [0, 0.1) is 0 Å². The fourth-order valence-electron chi connectivity index (χ4n) is 2.62. The zero-order valence-electron chi connectivity index (χ0n) is 14.3. The molecule has 2 rings (SSSR count). The zero-order chi connectivity index (χ0) is 18.6. The summed E-state index contributed by atoms with van der Waals surface area (Å²) in [6.07, 6.45) is 1.44. The van der Waals surface area contributed by atoms with E-state index in [0.717, 1.165) is 17.8 Å². The van der Waals surface area contributed by atoms with Crippen LogP contribution in [0.5, 0.6) is 0 Å². The summed E-state index contributed by atoms with van der Waals surface area (Å²) in [5.74, 6) is -0.707. The number of ether oxygens (including phenoxy) is 1. The number of piperazine rings is 1. The van der Waals surface area contributed by atoms with Crippen molar-refractivity contribution in [1.82, 2.24) is 9.21 Å². The average Bonchev–Trinajstić information content (AvgIpc) is 3.11. The highest BCUT2D eigenvalue weighted by Crippen LogP contribution is 2.25. The number of carbonyl (C=O) groups excluding carboxylic acids is 2. The van der Waals surface area contributed by atoms with Crippen LogP contribution in [0.25, 0.3) is 0 Å². The molecular weight excluding hydrogens is 366 g/mol. The summed E-state index contributed by atoms with van der Waals surface area (Å²) in [5.41, 5.74) is 6.06. The number of amides is 1. The van der Waals surface area contributed by atoms with Crippen molar-refractivity contribution in [1.29, 1.82) is 0 Å². The molecule has 1 aromatic heterocycles. The van der Waals surface area contributed by atoms with Crippen molar-refractivity contribution >= 4 is 33.2 Å². The van der Waals surface area contributed by atoms with Gasteiger partial charge >= 0.3 is 5.97 Å². The average molecular weight is 389 g/mol. The van der Waals surface area contributed by atoms with Gasteiger partial charge < -0.3 is 15.4 Å². The minimum absolute atomic E-state index is 0.0929. The molecule has 140 valence electrons. The van der Waals surface area contributed by atoms with E-state index in [-0.39, 0.29) is 28.8 Å². The van der Waals surface area contributed by atoms with E-state index < -0.39 is 22.0 Å². The number of methoxy groups -OCH3 is 1. The molecular formula is C15H23N3O5S2. The predicted molar refractivity (Wildman–Crippen MR) is 93.9 cm³/mol. The van der Waals surface area contributed by atoms with Crippen molar-refractivity contribution in [3.63, 3.8) is 0 Å². The fourth-order valence-corrected chi connectivity index (χ4v) is 5.35. The number of rotatable bonds is 6. The highest BCUT2D eigenvalue weighted by atomic mass is 32.2. The van der Waals surface area contributed by atoms with Crippen LogP contribution >= 0.6 is 11.3 Å².